The van der Waals surface area contributed by atoms with Crippen LogP contribution in [0.4, 0.5) is 0 Å². The number of nitrogens with zero attached hydrogens (tertiary/aromatic N) is 4. The molecule has 7 heteroatoms. The lowest BCUT2D eigenvalue weighted by molar-refractivity contribution is 0.0711. The van der Waals surface area contributed by atoms with Gasteiger partial charge < -0.3 is 4.98 Å². The molecular weight excluding hydrogens is 386 g/mol. The number of H-pyrrole nitrogens is 1. The highest BCUT2D eigenvalue weighted by Crippen LogP contribution is 2.34. The number of para-hydroxylation sites is 2. The molecule has 142 valence electrons. The van der Waals surface area contributed by atoms with Crippen molar-refractivity contribution in [3.63, 3.8) is 0 Å². The van der Waals surface area contributed by atoms with Crippen molar-refractivity contribution in [2.24, 2.45) is 5.10 Å². The highest BCUT2D eigenvalue weighted by molar-refractivity contribution is 6.30. The van der Waals surface area contributed by atoms with Crippen molar-refractivity contribution in [1.82, 2.24) is 20.0 Å². The van der Waals surface area contributed by atoms with Crippen molar-refractivity contribution in [3.05, 3.63) is 95.0 Å². The molecule has 4 aromatic rings. The van der Waals surface area contributed by atoms with E-state index in [2.05, 4.69) is 20.1 Å². The molecular formula is C22H16ClN5O. The van der Waals surface area contributed by atoms with Gasteiger partial charge in [0.15, 0.2) is 5.82 Å². The number of aromatic nitrogens is 3. The van der Waals surface area contributed by atoms with Crippen LogP contribution in [0.25, 0.3) is 11.0 Å². The molecule has 0 saturated heterocycles. The van der Waals surface area contributed by atoms with Gasteiger partial charge in [-0.05, 0) is 42.0 Å². The molecule has 1 unspecified atom stereocenters. The van der Waals surface area contributed by atoms with Crippen LogP contribution in [0.2, 0.25) is 5.02 Å². The van der Waals surface area contributed by atoms with E-state index in [0.29, 0.717) is 22.8 Å². The Labute approximate surface area is 171 Å². The quantitative estimate of drug-likeness (QED) is 0.545. The summed E-state index contributed by atoms with van der Waals surface area (Å²) < 4.78 is 0. The van der Waals surface area contributed by atoms with Crippen LogP contribution in [0.3, 0.4) is 0 Å². The Kier molecular flexibility index (Phi) is 4.33. The molecule has 2 aromatic heterocycles. The van der Waals surface area contributed by atoms with Crippen molar-refractivity contribution in [2.45, 2.75) is 12.5 Å². The number of hydrazone groups is 1. The zero-order valence-electron chi connectivity index (χ0n) is 15.3. The molecule has 1 amide bonds. The van der Waals surface area contributed by atoms with Gasteiger partial charge in [0.2, 0.25) is 0 Å². The summed E-state index contributed by atoms with van der Waals surface area (Å²) in [4.78, 5) is 25.1. The Balaban J connectivity index is 1.56. The van der Waals surface area contributed by atoms with Gasteiger partial charge in [0.25, 0.3) is 5.91 Å². The predicted octanol–water partition coefficient (Wildman–Crippen LogP) is 4.60. The van der Waals surface area contributed by atoms with E-state index in [1.54, 1.807) is 24.5 Å². The summed E-state index contributed by atoms with van der Waals surface area (Å²) in [7, 11) is 0. The highest BCUT2D eigenvalue weighted by atomic mass is 35.5. The van der Waals surface area contributed by atoms with Crippen LogP contribution in [0, 0.1) is 0 Å². The number of aromatic amines is 1. The van der Waals surface area contributed by atoms with E-state index in [0.717, 1.165) is 22.3 Å². The SMILES string of the molecule is O=C(c1ccncc1)N1N=C(c2nc3ccccc3[nH]2)CC1c1ccc(Cl)cc1. The van der Waals surface area contributed by atoms with Crippen molar-refractivity contribution < 1.29 is 4.79 Å². The monoisotopic (exact) mass is 401 g/mol. The maximum absolute atomic E-state index is 13.2. The Morgan fingerprint density at radius 2 is 1.79 bits per heavy atom. The molecule has 0 spiro atoms. The average molecular weight is 402 g/mol. The number of benzene rings is 2. The second-order valence-electron chi connectivity index (χ2n) is 6.81. The van der Waals surface area contributed by atoms with Crippen molar-refractivity contribution in [1.29, 1.82) is 0 Å². The second-order valence-corrected chi connectivity index (χ2v) is 7.24. The number of rotatable bonds is 3. The Morgan fingerprint density at radius 3 is 2.55 bits per heavy atom. The van der Waals surface area contributed by atoms with E-state index in [4.69, 9.17) is 11.6 Å². The van der Waals surface area contributed by atoms with Crippen molar-refractivity contribution >= 4 is 34.3 Å². The van der Waals surface area contributed by atoms with Crippen LogP contribution in [-0.4, -0.2) is 31.6 Å². The standard InChI is InChI=1S/C22H16ClN5O/c23-16-7-5-14(6-8-16)20-13-19(21-25-17-3-1-2-4-18(17)26-21)27-28(20)22(29)15-9-11-24-12-10-15/h1-12,20H,13H2,(H,25,26). The van der Waals surface area contributed by atoms with Crippen molar-refractivity contribution in [2.75, 3.05) is 0 Å². The van der Waals surface area contributed by atoms with Gasteiger partial charge in [-0.15, -0.1) is 0 Å². The number of hydrogen-bond donors (Lipinski definition) is 1. The molecule has 1 N–H and O–H groups in total. The fraction of sp³-hybridized carbons (Fsp3) is 0.0909. The number of carbonyl (C=O) groups is 1. The Morgan fingerprint density at radius 1 is 1.03 bits per heavy atom. The van der Waals surface area contributed by atoms with E-state index in [-0.39, 0.29) is 11.9 Å². The van der Waals surface area contributed by atoms with E-state index < -0.39 is 0 Å². The molecule has 0 aliphatic carbocycles. The minimum Gasteiger partial charge on any atom is -0.337 e. The zero-order valence-corrected chi connectivity index (χ0v) is 16.0. The first-order valence-corrected chi connectivity index (χ1v) is 9.58. The van der Waals surface area contributed by atoms with Gasteiger partial charge in [-0.2, -0.15) is 5.10 Å². The van der Waals surface area contributed by atoms with E-state index in [9.17, 15) is 4.79 Å². The van der Waals surface area contributed by atoms with Crippen LogP contribution >= 0.6 is 11.6 Å². The first-order chi connectivity index (χ1) is 14.2. The van der Waals surface area contributed by atoms with Gasteiger partial charge in [0.05, 0.1) is 17.1 Å². The molecule has 0 bridgehead atoms. The van der Waals surface area contributed by atoms with Gasteiger partial charge in [0, 0.05) is 29.4 Å². The van der Waals surface area contributed by atoms with Crippen LogP contribution in [0.15, 0.2) is 78.2 Å². The second kappa shape index (κ2) is 7.14. The maximum atomic E-state index is 13.2. The van der Waals surface area contributed by atoms with E-state index in [1.165, 1.54) is 5.01 Å². The average Bonchev–Trinajstić information content (AvgIpc) is 3.39. The summed E-state index contributed by atoms with van der Waals surface area (Å²) >= 11 is 6.05. The first kappa shape index (κ1) is 17.6. The number of hydrogen-bond acceptors (Lipinski definition) is 4. The number of amides is 1. The molecule has 29 heavy (non-hydrogen) atoms. The number of fused-ring (bicyclic) bond motifs is 1. The smallest absolute Gasteiger partial charge is 0.274 e. The third-order valence-corrected chi connectivity index (χ3v) is 5.22. The van der Waals surface area contributed by atoms with E-state index in [1.807, 2.05) is 48.5 Å². The summed E-state index contributed by atoms with van der Waals surface area (Å²) in [5.41, 5.74) is 4.04. The number of halogens is 1. The summed E-state index contributed by atoms with van der Waals surface area (Å²) in [5.74, 6) is 0.494. The summed E-state index contributed by atoms with van der Waals surface area (Å²) in [5, 5.41) is 6.84. The van der Waals surface area contributed by atoms with Crippen LogP contribution < -0.4 is 0 Å². The molecule has 1 atom stereocenters. The summed E-state index contributed by atoms with van der Waals surface area (Å²) in [6.07, 6.45) is 3.76. The number of pyridine rings is 1. The van der Waals surface area contributed by atoms with Gasteiger partial charge >= 0.3 is 0 Å². The van der Waals surface area contributed by atoms with Crippen molar-refractivity contribution in [3.8, 4) is 0 Å². The molecule has 0 saturated carbocycles. The van der Waals surface area contributed by atoms with Gasteiger partial charge in [0.1, 0.15) is 5.71 Å². The van der Waals surface area contributed by atoms with Crippen LogP contribution in [0.5, 0.6) is 0 Å². The lowest BCUT2D eigenvalue weighted by Gasteiger charge is -2.22. The van der Waals surface area contributed by atoms with Gasteiger partial charge in [-0.3, -0.25) is 9.78 Å². The van der Waals surface area contributed by atoms with Gasteiger partial charge in [-0.25, -0.2) is 9.99 Å². The Hall–Kier alpha value is -3.51. The minimum absolute atomic E-state index is 0.182. The molecule has 1 aliphatic rings. The number of imidazole rings is 1. The number of carbonyl (C=O) groups excluding carboxylic acids is 1. The first-order valence-electron chi connectivity index (χ1n) is 9.21. The third-order valence-electron chi connectivity index (χ3n) is 4.96. The Bertz CT molecular complexity index is 1180. The topological polar surface area (TPSA) is 74.2 Å². The van der Waals surface area contributed by atoms with Gasteiger partial charge in [-0.1, -0.05) is 35.9 Å². The third kappa shape index (κ3) is 3.28. The molecule has 0 fully saturated rings. The lowest BCUT2D eigenvalue weighted by atomic mass is 10.0. The maximum Gasteiger partial charge on any atom is 0.274 e. The summed E-state index contributed by atoms with van der Waals surface area (Å²) in [6, 6.07) is 18.5. The minimum atomic E-state index is -0.240. The number of nitrogens with one attached hydrogen (secondary N) is 1. The molecule has 5 rings (SSSR count). The molecule has 2 aromatic carbocycles. The largest absolute Gasteiger partial charge is 0.337 e. The summed E-state index contributed by atoms with van der Waals surface area (Å²) in [6.45, 7) is 0. The fourth-order valence-corrected chi connectivity index (χ4v) is 3.63. The fourth-order valence-electron chi connectivity index (χ4n) is 3.50. The normalized spacial score (nSPS) is 16.2. The molecule has 6 nitrogen and oxygen atoms in total. The molecule has 3 heterocycles. The zero-order chi connectivity index (χ0) is 19.8. The highest BCUT2D eigenvalue weighted by Gasteiger charge is 2.34. The van der Waals surface area contributed by atoms with Crippen LogP contribution in [-0.2, 0) is 0 Å². The predicted molar refractivity (Wildman–Crippen MR) is 112 cm³/mol. The molecule has 0 radical (unpaired) electrons. The van der Waals surface area contributed by atoms with E-state index >= 15 is 0 Å². The molecule has 1 aliphatic heterocycles. The van der Waals surface area contributed by atoms with Crippen LogP contribution in [0.1, 0.15) is 34.2 Å². The lowest BCUT2D eigenvalue weighted by Crippen LogP contribution is -2.27.